The van der Waals surface area contributed by atoms with E-state index in [1.807, 2.05) is 0 Å². The summed E-state index contributed by atoms with van der Waals surface area (Å²) in [4.78, 5) is 23.2. The van der Waals surface area contributed by atoms with Crippen LogP contribution in [0.1, 0.15) is 20.9 Å². The third-order valence-corrected chi connectivity index (χ3v) is 5.45. The van der Waals surface area contributed by atoms with Gasteiger partial charge in [-0.3, -0.25) is 19.6 Å². The molecule has 0 fully saturated rings. The second-order valence-electron chi connectivity index (χ2n) is 5.81. The number of carbonyl (C=O) groups is 1. The summed E-state index contributed by atoms with van der Waals surface area (Å²) in [5, 5.41) is 15.1. The van der Waals surface area contributed by atoms with Gasteiger partial charge in [-0.15, -0.1) is 11.3 Å². The molecule has 0 atom stereocenters. The summed E-state index contributed by atoms with van der Waals surface area (Å²) in [6.07, 6.45) is -4.78. The normalized spacial score (nSPS) is 11.6. The number of hydrogen-bond donors (Lipinski definition) is 0. The summed E-state index contributed by atoms with van der Waals surface area (Å²) in [7, 11) is 1.25. The van der Waals surface area contributed by atoms with Crippen LogP contribution in [-0.4, -0.2) is 20.5 Å². The zero-order chi connectivity index (χ0) is 20.6. The number of ketones is 1. The fraction of sp³-hybridized carbons (Fsp3) is 0.176. The van der Waals surface area contributed by atoms with Crippen LogP contribution in [0.2, 0.25) is 5.02 Å². The number of aromatic nitrogens is 2. The summed E-state index contributed by atoms with van der Waals surface area (Å²) in [5.41, 5.74) is -1.17. The van der Waals surface area contributed by atoms with Crippen molar-refractivity contribution in [3.8, 4) is 10.6 Å². The largest absolute Gasteiger partial charge is 0.435 e. The first-order valence-corrected chi connectivity index (χ1v) is 8.94. The molecule has 0 aliphatic heterocycles. The standard InChI is InChI=1S/C17H11ClF3N3O3S/c1-23-11(8-15(22-23)17(19,20)21)16-12(24(26)27)7-14(28-16)13(25)6-9-4-2-3-5-10(9)18/h2-5,7-8H,6H2,1H3. The van der Waals surface area contributed by atoms with E-state index in [9.17, 15) is 28.1 Å². The predicted octanol–water partition coefficient (Wildman–Crippen LogP) is 5.15. The van der Waals surface area contributed by atoms with Crippen LogP contribution in [0.5, 0.6) is 0 Å². The molecule has 0 radical (unpaired) electrons. The van der Waals surface area contributed by atoms with Crippen LogP contribution >= 0.6 is 22.9 Å². The van der Waals surface area contributed by atoms with Gasteiger partial charge < -0.3 is 0 Å². The molecule has 28 heavy (non-hydrogen) atoms. The zero-order valence-corrected chi connectivity index (χ0v) is 15.7. The van der Waals surface area contributed by atoms with E-state index in [0.717, 1.165) is 28.2 Å². The first kappa shape index (κ1) is 20.0. The summed E-state index contributed by atoms with van der Waals surface area (Å²) in [6, 6.07) is 8.46. The maximum absolute atomic E-state index is 12.9. The monoisotopic (exact) mass is 429 g/mol. The molecule has 0 amide bonds. The molecule has 0 spiro atoms. The fourth-order valence-corrected chi connectivity index (χ4v) is 3.87. The average Bonchev–Trinajstić information content (AvgIpc) is 3.20. The van der Waals surface area contributed by atoms with Crippen LogP contribution in [-0.2, 0) is 19.6 Å². The molecule has 0 aliphatic rings. The number of thiophene rings is 1. The lowest BCUT2D eigenvalue weighted by atomic mass is 10.1. The highest BCUT2D eigenvalue weighted by Gasteiger charge is 2.36. The molecule has 0 bridgehead atoms. The van der Waals surface area contributed by atoms with Crippen molar-refractivity contribution >= 4 is 34.4 Å². The molecular formula is C17H11ClF3N3O3S. The highest BCUT2D eigenvalue weighted by molar-refractivity contribution is 7.18. The lowest BCUT2D eigenvalue weighted by Gasteiger charge is -2.01. The van der Waals surface area contributed by atoms with Crippen LogP contribution in [0.4, 0.5) is 18.9 Å². The molecule has 2 aromatic heterocycles. The van der Waals surface area contributed by atoms with Crippen molar-refractivity contribution < 1.29 is 22.9 Å². The Bertz CT molecular complexity index is 1080. The van der Waals surface area contributed by atoms with Gasteiger partial charge in [-0.05, 0) is 17.7 Å². The van der Waals surface area contributed by atoms with E-state index in [-0.39, 0.29) is 21.9 Å². The third-order valence-electron chi connectivity index (χ3n) is 3.90. The van der Waals surface area contributed by atoms with Crippen molar-refractivity contribution in [2.24, 2.45) is 7.05 Å². The van der Waals surface area contributed by atoms with Crippen LogP contribution in [0, 0.1) is 10.1 Å². The van der Waals surface area contributed by atoms with Gasteiger partial charge in [0, 0.05) is 24.6 Å². The van der Waals surface area contributed by atoms with E-state index < -0.39 is 28.3 Å². The Morgan fingerprint density at radius 1 is 1.32 bits per heavy atom. The van der Waals surface area contributed by atoms with E-state index in [1.165, 1.54) is 7.05 Å². The molecule has 3 rings (SSSR count). The molecule has 3 aromatic rings. The number of nitro groups is 1. The summed E-state index contributed by atoms with van der Waals surface area (Å²) < 4.78 is 39.6. The maximum atomic E-state index is 12.9. The summed E-state index contributed by atoms with van der Waals surface area (Å²) in [5.74, 6) is -0.425. The first-order chi connectivity index (χ1) is 13.1. The van der Waals surface area contributed by atoms with Crippen molar-refractivity contribution in [2.75, 3.05) is 0 Å². The van der Waals surface area contributed by atoms with Crippen molar-refractivity contribution in [3.05, 3.63) is 67.7 Å². The Balaban J connectivity index is 2.01. The van der Waals surface area contributed by atoms with Gasteiger partial charge in [-0.2, -0.15) is 18.3 Å². The molecule has 11 heteroatoms. The molecule has 0 N–H and O–H groups in total. The van der Waals surface area contributed by atoms with Crippen molar-refractivity contribution in [3.63, 3.8) is 0 Å². The van der Waals surface area contributed by atoms with E-state index in [0.29, 0.717) is 10.6 Å². The van der Waals surface area contributed by atoms with Gasteiger partial charge in [0.1, 0.15) is 4.88 Å². The molecule has 0 unspecified atom stereocenters. The van der Waals surface area contributed by atoms with Crippen LogP contribution in [0.3, 0.4) is 0 Å². The third kappa shape index (κ3) is 3.92. The smallest absolute Gasteiger partial charge is 0.293 e. The number of rotatable bonds is 5. The Morgan fingerprint density at radius 3 is 2.57 bits per heavy atom. The SMILES string of the molecule is Cn1nc(C(F)(F)F)cc1-c1sc(C(=O)Cc2ccccc2Cl)cc1[N+](=O)[O-]. The fourth-order valence-electron chi connectivity index (χ4n) is 2.56. The number of aryl methyl sites for hydroxylation is 1. The number of Topliss-reactive ketones (excluding diaryl/α,β-unsaturated/α-hetero) is 1. The summed E-state index contributed by atoms with van der Waals surface area (Å²) in [6.45, 7) is 0. The van der Waals surface area contributed by atoms with Crippen molar-refractivity contribution in [1.29, 1.82) is 0 Å². The maximum Gasteiger partial charge on any atom is 0.435 e. The van der Waals surface area contributed by atoms with Crippen molar-refractivity contribution in [1.82, 2.24) is 9.78 Å². The van der Waals surface area contributed by atoms with Gasteiger partial charge in [0.2, 0.25) is 0 Å². The van der Waals surface area contributed by atoms with Crippen LogP contribution in [0.25, 0.3) is 10.6 Å². The Kier molecular flexibility index (Phi) is 5.26. The predicted molar refractivity (Wildman–Crippen MR) is 97.7 cm³/mol. The number of alkyl halides is 3. The lowest BCUT2D eigenvalue weighted by molar-refractivity contribution is -0.383. The minimum Gasteiger partial charge on any atom is -0.293 e. The second kappa shape index (κ2) is 7.36. The Hall–Kier alpha value is -2.72. The first-order valence-electron chi connectivity index (χ1n) is 7.74. The van der Waals surface area contributed by atoms with Gasteiger partial charge in [-0.1, -0.05) is 29.8 Å². The van der Waals surface area contributed by atoms with Gasteiger partial charge in [-0.25, -0.2) is 0 Å². The molecule has 1 aromatic carbocycles. The summed E-state index contributed by atoms with van der Waals surface area (Å²) >= 11 is 6.78. The lowest BCUT2D eigenvalue weighted by Crippen LogP contribution is -2.06. The highest BCUT2D eigenvalue weighted by Crippen LogP contribution is 2.40. The van der Waals surface area contributed by atoms with E-state index in [4.69, 9.17) is 11.6 Å². The molecule has 6 nitrogen and oxygen atoms in total. The van der Waals surface area contributed by atoms with Gasteiger partial charge in [0.05, 0.1) is 15.5 Å². The number of hydrogen-bond acceptors (Lipinski definition) is 5. The molecule has 0 saturated heterocycles. The number of benzene rings is 1. The number of halogens is 4. The molecule has 0 aliphatic carbocycles. The van der Waals surface area contributed by atoms with Crippen molar-refractivity contribution in [2.45, 2.75) is 12.6 Å². The van der Waals surface area contributed by atoms with E-state index in [2.05, 4.69) is 5.10 Å². The van der Waals surface area contributed by atoms with Crippen LogP contribution in [0.15, 0.2) is 36.4 Å². The highest BCUT2D eigenvalue weighted by atomic mass is 35.5. The van der Waals surface area contributed by atoms with E-state index >= 15 is 0 Å². The Labute approximate surface area is 165 Å². The second-order valence-corrected chi connectivity index (χ2v) is 7.27. The minimum absolute atomic E-state index is 0.0522. The van der Waals surface area contributed by atoms with Gasteiger partial charge in [0.15, 0.2) is 11.5 Å². The van der Waals surface area contributed by atoms with Crippen LogP contribution < -0.4 is 0 Å². The molecule has 146 valence electrons. The average molecular weight is 430 g/mol. The van der Waals surface area contributed by atoms with Gasteiger partial charge >= 0.3 is 6.18 Å². The molecule has 0 saturated carbocycles. The number of carbonyl (C=O) groups excluding carboxylic acids is 1. The minimum atomic E-state index is -4.69. The molecular weight excluding hydrogens is 419 g/mol. The van der Waals surface area contributed by atoms with E-state index in [1.54, 1.807) is 24.3 Å². The quantitative estimate of drug-likeness (QED) is 0.319. The zero-order valence-electron chi connectivity index (χ0n) is 14.2. The Morgan fingerprint density at radius 2 is 2.00 bits per heavy atom. The number of nitrogens with zero attached hydrogens (tertiary/aromatic N) is 3. The topological polar surface area (TPSA) is 78.0 Å². The van der Waals surface area contributed by atoms with Gasteiger partial charge in [0.25, 0.3) is 5.69 Å². The molecule has 2 heterocycles.